The van der Waals surface area contributed by atoms with Crippen LogP contribution in [0.25, 0.3) is 10.1 Å². The molecule has 0 saturated heterocycles. The van der Waals surface area contributed by atoms with E-state index in [-0.39, 0.29) is 23.4 Å². The second kappa shape index (κ2) is 6.03. The number of thiophene rings is 1. The van der Waals surface area contributed by atoms with Crippen LogP contribution in [0, 0.1) is 5.82 Å². The smallest absolute Gasteiger partial charge is 0.259 e. The lowest BCUT2D eigenvalue weighted by Gasteiger charge is -2.04. The molecule has 0 spiro atoms. The van der Waals surface area contributed by atoms with Crippen molar-refractivity contribution in [2.24, 2.45) is 0 Å². The average Bonchev–Trinajstić information content (AvgIpc) is 3.11. The summed E-state index contributed by atoms with van der Waals surface area (Å²) in [5.41, 5.74) is 0. The summed E-state index contributed by atoms with van der Waals surface area (Å²) in [4.78, 5) is 4.76. The van der Waals surface area contributed by atoms with Crippen molar-refractivity contribution in [2.75, 3.05) is 0 Å². The lowest BCUT2D eigenvalue weighted by atomic mass is 10.2. The Labute approximate surface area is 137 Å². The molecule has 1 aromatic carbocycles. The first-order valence-corrected chi connectivity index (χ1v) is 9.36. The fourth-order valence-electron chi connectivity index (χ4n) is 2.14. The van der Waals surface area contributed by atoms with Gasteiger partial charge in [0.25, 0.3) is 10.0 Å². The summed E-state index contributed by atoms with van der Waals surface area (Å²) in [5, 5.41) is 0.770. The highest BCUT2D eigenvalue weighted by Gasteiger charge is 2.18. The quantitative estimate of drug-likeness (QED) is 0.765. The van der Waals surface area contributed by atoms with Crippen LogP contribution in [0.1, 0.15) is 24.8 Å². The predicted molar refractivity (Wildman–Crippen MR) is 88.4 cm³/mol. The highest BCUT2D eigenvalue weighted by atomic mass is 32.2. The van der Waals surface area contributed by atoms with E-state index in [2.05, 4.69) is 9.71 Å². The number of rotatable bonds is 5. The molecule has 0 aliphatic heterocycles. The minimum absolute atomic E-state index is 0.00152. The fourth-order valence-corrected chi connectivity index (χ4v) is 4.15. The predicted octanol–water partition coefficient (Wildman–Crippen LogP) is 3.30. The Morgan fingerprint density at radius 3 is 2.83 bits per heavy atom. The van der Waals surface area contributed by atoms with Gasteiger partial charge in [0.1, 0.15) is 5.82 Å². The molecule has 5 nitrogen and oxygen atoms in total. The number of benzene rings is 1. The number of nitrogens with zero attached hydrogens (tertiary/aromatic N) is 2. The maximum absolute atomic E-state index is 13.2. The van der Waals surface area contributed by atoms with E-state index in [1.165, 1.54) is 36.0 Å². The molecule has 0 saturated carbocycles. The zero-order valence-electron chi connectivity index (χ0n) is 12.7. The summed E-state index contributed by atoms with van der Waals surface area (Å²) in [6.07, 6.45) is 3.01. The zero-order chi connectivity index (χ0) is 16.6. The van der Waals surface area contributed by atoms with Gasteiger partial charge < -0.3 is 4.57 Å². The molecule has 0 unspecified atom stereocenters. The molecular formula is C15H16FN3O2S2. The van der Waals surface area contributed by atoms with Crippen molar-refractivity contribution in [3.63, 3.8) is 0 Å². The molecule has 0 amide bonds. The van der Waals surface area contributed by atoms with E-state index in [0.717, 1.165) is 15.0 Å². The largest absolute Gasteiger partial charge is 0.334 e. The molecule has 0 bridgehead atoms. The third-order valence-corrected chi connectivity index (χ3v) is 5.82. The van der Waals surface area contributed by atoms with Crippen LogP contribution in [-0.2, 0) is 16.6 Å². The number of sulfonamides is 1. The maximum atomic E-state index is 13.2. The maximum Gasteiger partial charge on any atom is 0.259 e. The van der Waals surface area contributed by atoms with Gasteiger partial charge in [-0.15, -0.1) is 11.3 Å². The number of halogens is 1. The number of hydrogen-bond acceptors (Lipinski definition) is 4. The number of fused-ring (bicyclic) bond motifs is 1. The minimum Gasteiger partial charge on any atom is -0.334 e. The van der Waals surface area contributed by atoms with Crippen molar-refractivity contribution in [3.05, 3.63) is 47.5 Å². The molecule has 0 aliphatic rings. The van der Waals surface area contributed by atoms with Crippen LogP contribution in [0.3, 0.4) is 0 Å². The van der Waals surface area contributed by atoms with E-state index in [1.54, 1.807) is 16.7 Å². The zero-order valence-corrected chi connectivity index (χ0v) is 14.3. The summed E-state index contributed by atoms with van der Waals surface area (Å²) >= 11 is 1.43. The summed E-state index contributed by atoms with van der Waals surface area (Å²) < 4.78 is 42.9. The molecule has 122 valence electrons. The Kier molecular flexibility index (Phi) is 4.22. The topological polar surface area (TPSA) is 64.0 Å². The van der Waals surface area contributed by atoms with Gasteiger partial charge in [-0.3, -0.25) is 0 Å². The number of aromatic nitrogens is 2. The average molecular weight is 353 g/mol. The fraction of sp³-hybridized carbons (Fsp3) is 0.267. The number of nitrogens with one attached hydrogen (secondary N) is 1. The molecule has 1 N–H and O–H groups in total. The first-order chi connectivity index (χ1) is 10.8. The van der Waals surface area contributed by atoms with E-state index in [0.29, 0.717) is 0 Å². The van der Waals surface area contributed by atoms with E-state index in [9.17, 15) is 12.8 Å². The van der Waals surface area contributed by atoms with Crippen LogP contribution in [0.15, 0.2) is 41.8 Å². The third-order valence-electron chi connectivity index (χ3n) is 3.42. The highest BCUT2D eigenvalue weighted by molar-refractivity contribution is 7.89. The number of hydrogen-bond donors (Lipinski definition) is 1. The Hall–Kier alpha value is -1.77. The van der Waals surface area contributed by atoms with Gasteiger partial charge in [0, 0.05) is 28.4 Å². The Morgan fingerprint density at radius 1 is 1.35 bits per heavy atom. The summed E-state index contributed by atoms with van der Waals surface area (Å²) in [6.45, 7) is 4.04. The summed E-state index contributed by atoms with van der Waals surface area (Å²) in [5.74, 6) is -0.304. The van der Waals surface area contributed by atoms with Crippen molar-refractivity contribution >= 4 is 31.4 Å². The lowest BCUT2D eigenvalue weighted by molar-refractivity contribution is 0.576. The molecule has 0 aliphatic carbocycles. The van der Waals surface area contributed by atoms with Crippen LogP contribution in [0.4, 0.5) is 4.39 Å². The van der Waals surface area contributed by atoms with Gasteiger partial charge in [0.15, 0.2) is 5.03 Å². The second-order valence-corrected chi connectivity index (χ2v) is 8.35. The van der Waals surface area contributed by atoms with Crippen molar-refractivity contribution in [2.45, 2.75) is 31.5 Å². The Balaban J connectivity index is 1.77. The first kappa shape index (κ1) is 16.1. The van der Waals surface area contributed by atoms with Crippen LogP contribution in [-0.4, -0.2) is 18.0 Å². The van der Waals surface area contributed by atoms with Crippen molar-refractivity contribution in [1.82, 2.24) is 14.3 Å². The molecule has 0 fully saturated rings. The summed E-state index contributed by atoms with van der Waals surface area (Å²) in [6, 6.07) is 6.46. The van der Waals surface area contributed by atoms with Crippen molar-refractivity contribution in [1.29, 1.82) is 0 Å². The molecule has 23 heavy (non-hydrogen) atoms. The van der Waals surface area contributed by atoms with Crippen molar-refractivity contribution in [3.8, 4) is 0 Å². The first-order valence-electron chi connectivity index (χ1n) is 7.06. The lowest BCUT2D eigenvalue weighted by Crippen LogP contribution is -2.23. The minimum atomic E-state index is -3.67. The standard InChI is InChI=1S/C15H16FN3O2S2/c1-10(2)19-8-15(17-9-19)23(20,21)18-7-13-6-11-5-12(16)3-4-14(11)22-13/h3-6,8-10,18H,7H2,1-2H3. The molecule has 8 heteroatoms. The van der Waals surface area contributed by atoms with E-state index in [4.69, 9.17) is 0 Å². The molecular weight excluding hydrogens is 337 g/mol. The molecule has 2 aromatic heterocycles. The van der Waals surface area contributed by atoms with Crippen LogP contribution < -0.4 is 4.72 Å². The number of imidazole rings is 1. The van der Waals surface area contributed by atoms with Gasteiger partial charge in [-0.1, -0.05) is 0 Å². The molecule has 0 radical (unpaired) electrons. The molecule has 2 heterocycles. The van der Waals surface area contributed by atoms with Crippen molar-refractivity contribution < 1.29 is 12.8 Å². The van der Waals surface area contributed by atoms with E-state index >= 15 is 0 Å². The van der Waals surface area contributed by atoms with Gasteiger partial charge in [0.2, 0.25) is 0 Å². The van der Waals surface area contributed by atoms with Gasteiger partial charge in [-0.25, -0.2) is 22.5 Å². The normalized spacial score (nSPS) is 12.3. The van der Waals surface area contributed by atoms with Crippen LogP contribution in [0.5, 0.6) is 0 Å². The molecule has 3 rings (SSSR count). The van der Waals surface area contributed by atoms with Gasteiger partial charge in [-0.2, -0.15) is 0 Å². The van der Waals surface area contributed by atoms with Gasteiger partial charge in [-0.05, 0) is 43.5 Å². The van der Waals surface area contributed by atoms with Gasteiger partial charge in [0.05, 0.1) is 6.33 Å². The molecule has 3 aromatic rings. The Morgan fingerprint density at radius 2 is 2.13 bits per heavy atom. The summed E-state index contributed by atoms with van der Waals surface area (Å²) in [7, 11) is -3.67. The second-order valence-electron chi connectivity index (χ2n) is 5.47. The van der Waals surface area contributed by atoms with Crippen LogP contribution in [0.2, 0.25) is 0 Å². The Bertz CT molecular complexity index is 945. The SMILES string of the molecule is CC(C)n1cnc(S(=O)(=O)NCc2cc3cc(F)ccc3s2)c1. The van der Waals surface area contributed by atoms with E-state index in [1.807, 2.05) is 13.8 Å². The van der Waals surface area contributed by atoms with E-state index < -0.39 is 10.0 Å². The monoisotopic (exact) mass is 353 g/mol. The molecule has 0 atom stereocenters. The highest BCUT2D eigenvalue weighted by Crippen LogP contribution is 2.26. The third kappa shape index (κ3) is 3.44. The van der Waals surface area contributed by atoms with Crippen LogP contribution >= 0.6 is 11.3 Å². The van der Waals surface area contributed by atoms with Gasteiger partial charge >= 0.3 is 0 Å².